The lowest BCUT2D eigenvalue weighted by Gasteiger charge is -2.22. The third-order valence-corrected chi connectivity index (χ3v) is 5.29. The van der Waals surface area contributed by atoms with Gasteiger partial charge in [0.05, 0.1) is 0 Å². The molecule has 1 aromatic heterocycles. The summed E-state index contributed by atoms with van der Waals surface area (Å²) < 4.78 is 0. The van der Waals surface area contributed by atoms with Gasteiger partial charge in [-0.25, -0.2) is 9.97 Å². The van der Waals surface area contributed by atoms with Gasteiger partial charge < -0.3 is 16.0 Å². The summed E-state index contributed by atoms with van der Waals surface area (Å²) in [6.45, 7) is 0. The van der Waals surface area contributed by atoms with Crippen LogP contribution in [0.2, 0.25) is 5.02 Å². The summed E-state index contributed by atoms with van der Waals surface area (Å²) in [7, 11) is 0. The average Bonchev–Trinajstić information content (AvgIpc) is 2.78. The number of rotatable bonds is 4. The van der Waals surface area contributed by atoms with Crippen molar-refractivity contribution in [2.75, 3.05) is 16.0 Å². The summed E-state index contributed by atoms with van der Waals surface area (Å²) in [6, 6.07) is 22.5. The number of para-hydroxylation sites is 1. The molecule has 1 amide bonds. The van der Waals surface area contributed by atoms with Gasteiger partial charge in [0.15, 0.2) is 0 Å². The second-order valence-electron chi connectivity index (χ2n) is 7.18. The number of amides is 1. The van der Waals surface area contributed by atoms with Gasteiger partial charge in [-0.3, -0.25) is 4.79 Å². The van der Waals surface area contributed by atoms with Gasteiger partial charge in [0, 0.05) is 39.6 Å². The van der Waals surface area contributed by atoms with Gasteiger partial charge in [0.1, 0.15) is 18.0 Å². The molecule has 0 atom stereocenters. The molecule has 6 nitrogen and oxygen atoms in total. The Morgan fingerprint density at radius 2 is 1.77 bits per heavy atom. The average molecular weight is 428 g/mol. The van der Waals surface area contributed by atoms with Gasteiger partial charge in [-0.05, 0) is 48.0 Å². The molecule has 4 aromatic rings. The van der Waals surface area contributed by atoms with Gasteiger partial charge in [-0.2, -0.15) is 0 Å². The van der Waals surface area contributed by atoms with Crippen molar-refractivity contribution in [3.63, 3.8) is 0 Å². The fourth-order valence-corrected chi connectivity index (χ4v) is 3.74. The largest absolute Gasteiger partial charge is 0.340 e. The Bertz CT molecular complexity index is 1290. The Balaban J connectivity index is 1.37. The maximum absolute atomic E-state index is 12.5. The number of halogens is 1. The minimum atomic E-state index is -0.222. The van der Waals surface area contributed by atoms with Crippen molar-refractivity contribution in [1.82, 2.24) is 9.97 Å². The van der Waals surface area contributed by atoms with Crippen LogP contribution < -0.4 is 16.0 Å². The fourth-order valence-electron chi connectivity index (χ4n) is 3.55. The zero-order valence-electron chi connectivity index (χ0n) is 16.4. The number of aromatic nitrogens is 2. The summed E-state index contributed by atoms with van der Waals surface area (Å²) >= 11 is 5.99. The molecule has 0 saturated heterocycles. The quantitative estimate of drug-likeness (QED) is 0.339. The molecule has 0 unspecified atom stereocenters. The van der Waals surface area contributed by atoms with Crippen molar-refractivity contribution in [3.8, 4) is 0 Å². The van der Waals surface area contributed by atoms with E-state index in [9.17, 15) is 4.79 Å². The normalized spacial score (nSPS) is 11.6. The molecule has 0 bridgehead atoms. The van der Waals surface area contributed by atoms with Crippen molar-refractivity contribution in [2.45, 2.75) is 6.42 Å². The number of nitrogens with one attached hydrogen (secondary N) is 3. The molecule has 3 aromatic carbocycles. The van der Waals surface area contributed by atoms with E-state index in [1.807, 2.05) is 42.5 Å². The number of nitrogens with zero attached hydrogens (tertiary/aromatic N) is 2. The van der Waals surface area contributed by atoms with E-state index in [4.69, 9.17) is 11.6 Å². The zero-order chi connectivity index (χ0) is 21.2. The lowest BCUT2D eigenvalue weighted by molar-refractivity contribution is 0.102. The molecule has 2 heterocycles. The highest BCUT2D eigenvalue weighted by atomic mass is 35.5. The summed E-state index contributed by atoms with van der Waals surface area (Å²) in [4.78, 5) is 21.4. The number of hydrogen-bond donors (Lipinski definition) is 3. The highest BCUT2D eigenvalue weighted by molar-refractivity contribution is 6.31. The Morgan fingerprint density at radius 1 is 0.935 bits per heavy atom. The predicted molar refractivity (Wildman–Crippen MR) is 124 cm³/mol. The monoisotopic (exact) mass is 427 g/mol. The first-order chi connectivity index (χ1) is 15.2. The van der Waals surface area contributed by atoms with E-state index in [2.05, 4.69) is 32.0 Å². The number of fused-ring (bicyclic) bond motifs is 2. The summed E-state index contributed by atoms with van der Waals surface area (Å²) in [5.41, 5.74) is 5.22. The van der Waals surface area contributed by atoms with Crippen LogP contribution in [-0.4, -0.2) is 15.9 Å². The third kappa shape index (κ3) is 4.06. The molecular weight excluding hydrogens is 410 g/mol. The van der Waals surface area contributed by atoms with E-state index in [1.54, 1.807) is 24.3 Å². The first kappa shape index (κ1) is 19.1. The van der Waals surface area contributed by atoms with Crippen LogP contribution in [-0.2, 0) is 6.42 Å². The Hall–Kier alpha value is -3.90. The highest BCUT2D eigenvalue weighted by Crippen LogP contribution is 2.35. The number of anilines is 5. The van der Waals surface area contributed by atoms with Gasteiger partial charge in [-0.1, -0.05) is 41.9 Å². The maximum atomic E-state index is 12.5. The van der Waals surface area contributed by atoms with Crippen LogP contribution in [0.1, 0.15) is 21.5 Å². The first-order valence-corrected chi connectivity index (χ1v) is 10.2. The van der Waals surface area contributed by atoms with Crippen LogP contribution in [0.25, 0.3) is 0 Å². The number of carbonyl (C=O) groups excluding carboxylic acids is 1. The van der Waals surface area contributed by atoms with Crippen molar-refractivity contribution in [1.29, 1.82) is 0 Å². The molecule has 0 radical (unpaired) electrons. The molecule has 152 valence electrons. The lowest BCUT2D eigenvalue weighted by atomic mass is 10.00. The second-order valence-corrected chi connectivity index (χ2v) is 7.62. The molecule has 0 spiro atoms. The van der Waals surface area contributed by atoms with Crippen molar-refractivity contribution >= 4 is 46.2 Å². The summed E-state index contributed by atoms with van der Waals surface area (Å²) in [5.74, 6) is 1.30. The van der Waals surface area contributed by atoms with E-state index in [1.165, 1.54) is 11.9 Å². The molecule has 0 fully saturated rings. The fraction of sp³-hybridized carbons (Fsp3) is 0.0417. The minimum absolute atomic E-state index is 0.222. The van der Waals surface area contributed by atoms with Crippen LogP contribution in [0.5, 0.6) is 0 Å². The molecule has 5 rings (SSSR count). The van der Waals surface area contributed by atoms with Crippen molar-refractivity contribution in [3.05, 3.63) is 101 Å². The first-order valence-electron chi connectivity index (χ1n) is 9.78. The number of benzene rings is 3. The number of carbonyl (C=O) groups is 1. The van der Waals surface area contributed by atoms with Gasteiger partial charge in [-0.15, -0.1) is 0 Å². The van der Waals surface area contributed by atoms with E-state index in [0.717, 1.165) is 35.0 Å². The SMILES string of the molecule is O=C(Nc1cccc(Nc2ncnc3c2Cc2ccccc2N3)c1)c1cccc(Cl)c1. The van der Waals surface area contributed by atoms with Crippen molar-refractivity contribution < 1.29 is 4.79 Å². The molecule has 1 aliphatic rings. The van der Waals surface area contributed by atoms with Gasteiger partial charge >= 0.3 is 0 Å². The molecule has 0 aliphatic carbocycles. The summed E-state index contributed by atoms with van der Waals surface area (Å²) in [5, 5.41) is 10.2. The zero-order valence-corrected chi connectivity index (χ0v) is 17.1. The molecule has 31 heavy (non-hydrogen) atoms. The van der Waals surface area contributed by atoms with Crippen molar-refractivity contribution in [2.24, 2.45) is 0 Å². The van der Waals surface area contributed by atoms with Gasteiger partial charge in [0.2, 0.25) is 0 Å². The predicted octanol–water partition coefficient (Wildman–Crippen LogP) is 5.77. The smallest absolute Gasteiger partial charge is 0.255 e. The Kier molecular flexibility index (Phi) is 4.98. The topological polar surface area (TPSA) is 78.9 Å². The van der Waals surface area contributed by atoms with Crippen LogP contribution in [0.15, 0.2) is 79.1 Å². The molecular formula is C24H18ClN5O. The number of hydrogen-bond acceptors (Lipinski definition) is 5. The molecule has 3 N–H and O–H groups in total. The van der Waals surface area contributed by atoms with E-state index >= 15 is 0 Å². The van der Waals surface area contributed by atoms with Gasteiger partial charge in [0.25, 0.3) is 5.91 Å². The molecule has 0 saturated carbocycles. The second kappa shape index (κ2) is 8.08. The maximum Gasteiger partial charge on any atom is 0.255 e. The van der Waals surface area contributed by atoms with Crippen LogP contribution >= 0.6 is 11.6 Å². The third-order valence-electron chi connectivity index (χ3n) is 5.05. The van der Waals surface area contributed by atoms with Crippen LogP contribution in [0.3, 0.4) is 0 Å². The van der Waals surface area contributed by atoms with Crippen LogP contribution in [0, 0.1) is 0 Å². The Labute approximate surface area is 184 Å². The Morgan fingerprint density at radius 3 is 2.68 bits per heavy atom. The van der Waals surface area contributed by atoms with Crippen LogP contribution in [0.4, 0.5) is 28.7 Å². The minimum Gasteiger partial charge on any atom is -0.340 e. The van der Waals surface area contributed by atoms with E-state index in [0.29, 0.717) is 16.3 Å². The molecule has 1 aliphatic heterocycles. The highest BCUT2D eigenvalue weighted by Gasteiger charge is 2.19. The van der Waals surface area contributed by atoms with E-state index in [-0.39, 0.29) is 5.91 Å². The van der Waals surface area contributed by atoms with E-state index < -0.39 is 0 Å². The summed E-state index contributed by atoms with van der Waals surface area (Å²) in [6.07, 6.45) is 2.26. The standard InChI is InChI=1S/C24H18ClN5O/c25-17-7-3-6-16(11-17)24(31)29-19-9-4-8-18(13-19)28-22-20-12-15-5-1-2-10-21(15)30-23(20)27-14-26-22/h1-11,13-14H,12H2,(H,29,31)(H2,26,27,28,30). The lowest BCUT2D eigenvalue weighted by Crippen LogP contribution is -2.13. The molecule has 7 heteroatoms.